The SMILES string of the molecule is COc1ccc(CN(C)Cc2cn3c(C)cc(C)nc3n2)cc1OC. The predicted molar refractivity (Wildman–Crippen MR) is 97.2 cm³/mol. The summed E-state index contributed by atoms with van der Waals surface area (Å²) in [5, 5.41) is 0. The molecule has 0 saturated carbocycles. The van der Waals surface area contributed by atoms with Crippen LogP contribution >= 0.6 is 0 Å². The van der Waals surface area contributed by atoms with Crippen molar-refractivity contribution < 1.29 is 9.47 Å². The first-order valence-corrected chi connectivity index (χ1v) is 8.22. The van der Waals surface area contributed by atoms with Crippen molar-refractivity contribution in [3.8, 4) is 11.5 Å². The Hall–Kier alpha value is -2.60. The van der Waals surface area contributed by atoms with Crippen LogP contribution in [0.5, 0.6) is 11.5 Å². The molecule has 6 nitrogen and oxygen atoms in total. The lowest BCUT2D eigenvalue weighted by Gasteiger charge is -2.16. The summed E-state index contributed by atoms with van der Waals surface area (Å²) in [6.45, 7) is 5.60. The zero-order valence-electron chi connectivity index (χ0n) is 15.4. The number of aryl methyl sites for hydroxylation is 2. The van der Waals surface area contributed by atoms with Gasteiger partial charge >= 0.3 is 0 Å². The Bertz CT molecular complexity index is 889. The van der Waals surface area contributed by atoms with Crippen molar-refractivity contribution in [3.63, 3.8) is 0 Å². The van der Waals surface area contributed by atoms with E-state index in [2.05, 4.69) is 47.2 Å². The molecule has 0 atom stereocenters. The van der Waals surface area contributed by atoms with Crippen LogP contribution in [0.25, 0.3) is 5.78 Å². The van der Waals surface area contributed by atoms with Gasteiger partial charge in [0.25, 0.3) is 0 Å². The number of benzene rings is 1. The Morgan fingerprint density at radius 3 is 2.48 bits per heavy atom. The third kappa shape index (κ3) is 3.74. The van der Waals surface area contributed by atoms with E-state index in [-0.39, 0.29) is 0 Å². The summed E-state index contributed by atoms with van der Waals surface area (Å²) in [4.78, 5) is 11.3. The van der Waals surface area contributed by atoms with Gasteiger partial charge in [-0.15, -0.1) is 0 Å². The van der Waals surface area contributed by atoms with Gasteiger partial charge < -0.3 is 9.47 Å². The molecule has 3 rings (SSSR count). The topological polar surface area (TPSA) is 51.9 Å². The average Bonchev–Trinajstić information content (AvgIpc) is 2.97. The van der Waals surface area contributed by atoms with Gasteiger partial charge in [0.15, 0.2) is 11.5 Å². The molecule has 0 aliphatic carbocycles. The molecule has 0 radical (unpaired) electrons. The summed E-state index contributed by atoms with van der Waals surface area (Å²) in [5.74, 6) is 2.25. The molecule has 0 spiro atoms. The standard InChI is InChI=1S/C19H24N4O2/c1-13-8-14(2)23-12-16(21-19(23)20-13)11-22(3)10-15-6-7-17(24-4)18(9-15)25-5/h6-9,12H,10-11H2,1-5H3. The van der Waals surface area contributed by atoms with E-state index in [4.69, 9.17) is 9.47 Å². The zero-order chi connectivity index (χ0) is 18.0. The molecular weight excluding hydrogens is 316 g/mol. The molecule has 0 saturated heterocycles. The van der Waals surface area contributed by atoms with E-state index in [0.717, 1.165) is 53.0 Å². The van der Waals surface area contributed by atoms with E-state index in [9.17, 15) is 0 Å². The van der Waals surface area contributed by atoms with Crippen molar-refractivity contribution in [1.29, 1.82) is 0 Å². The normalized spacial score (nSPS) is 11.3. The van der Waals surface area contributed by atoms with Crippen molar-refractivity contribution in [1.82, 2.24) is 19.3 Å². The molecule has 0 amide bonds. The van der Waals surface area contributed by atoms with Gasteiger partial charge in [-0.2, -0.15) is 0 Å². The second-order valence-corrected chi connectivity index (χ2v) is 6.30. The number of hydrogen-bond donors (Lipinski definition) is 0. The first-order chi connectivity index (χ1) is 12.0. The molecule has 1 aromatic carbocycles. The van der Waals surface area contributed by atoms with Gasteiger partial charge in [-0.1, -0.05) is 6.07 Å². The van der Waals surface area contributed by atoms with Crippen LogP contribution in [-0.2, 0) is 13.1 Å². The summed E-state index contributed by atoms with van der Waals surface area (Å²) in [7, 11) is 5.37. The third-order valence-corrected chi connectivity index (χ3v) is 4.14. The molecule has 2 aromatic heterocycles. The fourth-order valence-corrected chi connectivity index (χ4v) is 3.02. The van der Waals surface area contributed by atoms with E-state index in [0.29, 0.717) is 0 Å². The van der Waals surface area contributed by atoms with Crippen molar-refractivity contribution in [2.24, 2.45) is 0 Å². The Balaban J connectivity index is 1.74. The van der Waals surface area contributed by atoms with Gasteiger partial charge in [0.05, 0.1) is 19.9 Å². The van der Waals surface area contributed by atoms with Gasteiger partial charge in [-0.3, -0.25) is 9.30 Å². The molecule has 132 valence electrons. The van der Waals surface area contributed by atoms with Gasteiger partial charge in [0.2, 0.25) is 5.78 Å². The highest BCUT2D eigenvalue weighted by molar-refractivity contribution is 5.43. The monoisotopic (exact) mass is 340 g/mol. The lowest BCUT2D eigenvalue weighted by atomic mass is 10.2. The lowest BCUT2D eigenvalue weighted by Crippen LogP contribution is -2.17. The Kier molecular flexibility index (Phi) is 4.90. The van der Waals surface area contributed by atoms with Crippen LogP contribution < -0.4 is 9.47 Å². The maximum atomic E-state index is 5.37. The molecular formula is C19H24N4O2. The van der Waals surface area contributed by atoms with Crippen molar-refractivity contribution >= 4 is 5.78 Å². The minimum absolute atomic E-state index is 0.742. The Labute approximate surface area is 148 Å². The first kappa shape index (κ1) is 17.2. The molecule has 3 aromatic rings. The van der Waals surface area contributed by atoms with E-state index in [1.165, 1.54) is 0 Å². The zero-order valence-corrected chi connectivity index (χ0v) is 15.4. The molecule has 0 N–H and O–H groups in total. The fourth-order valence-electron chi connectivity index (χ4n) is 3.02. The first-order valence-electron chi connectivity index (χ1n) is 8.22. The fraction of sp³-hybridized carbons (Fsp3) is 0.368. The number of imidazole rings is 1. The van der Waals surface area contributed by atoms with Crippen LogP contribution in [0.1, 0.15) is 22.6 Å². The summed E-state index contributed by atoms with van der Waals surface area (Å²) < 4.78 is 12.7. The molecule has 0 aliphatic heterocycles. The summed E-state index contributed by atoms with van der Waals surface area (Å²) in [5.41, 5.74) is 4.29. The van der Waals surface area contributed by atoms with Crippen molar-refractivity contribution in [3.05, 3.63) is 53.1 Å². The van der Waals surface area contributed by atoms with E-state index < -0.39 is 0 Å². The van der Waals surface area contributed by atoms with E-state index in [1.54, 1.807) is 14.2 Å². The quantitative estimate of drug-likeness (QED) is 0.690. The smallest absolute Gasteiger partial charge is 0.234 e. The number of hydrogen-bond acceptors (Lipinski definition) is 5. The number of fused-ring (bicyclic) bond motifs is 1. The number of rotatable bonds is 6. The van der Waals surface area contributed by atoms with Gasteiger partial charge in [-0.25, -0.2) is 9.97 Å². The second kappa shape index (κ2) is 7.11. The van der Waals surface area contributed by atoms with E-state index >= 15 is 0 Å². The molecule has 0 fully saturated rings. The summed E-state index contributed by atoms with van der Waals surface area (Å²) >= 11 is 0. The van der Waals surface area contributed by atoms with Crippen LogP contribution in [0.2, 0.25) is 0 Å². The van der Waals surface area contributed by atoms with Gasteiger partial charge in [0, 0.05) is 30.7 Å². The highest BCUT2D eigenvalue weighted by atomic mass is 16.5. The summed E-state index contributed by atoms with van der Waals surface area (Å²) in [6, 6.07) is 8.06. The van der Waals surface area contributed by atoms with Crippen LogP contribution in [0.15, 0.2) is 30.5 Å². The van der Waals surface area contributed by atoms with Gasteiger partial charge in [0.1, 0.15) is 0 Å². The number of aromatic nitrogens is 3. The second-order valence-electron chi connectivity index (χ2n) is 6.30. The molecule has 0 unspecified atom stereocenters. The highest BCUT2D eigenvalue weighted by Crippen LogP contribution is 2.28. The predicted octanol–water partition coefficient (Wildman–Crippen LogP) is 3.00. The summed E-state index contributed by atoms with van der Waals surface area (Å²) in [6.07, 6.45) is 2.06. The van der Waals surface area contributed by atoms with Crippen molar-refractivity contribution in [2.45, 2.75) is 26.9 Å². The molecule has 0 bridgehead atoms. The molecule has 0 aliphatic rings. The molecule has 2 heterocycles. The van der Waals surface area contributed by atoms with E-state index in [1.807, 2.05) is 23.5 Å². The molecule has 6 heteroatoms. The molecule has 25 heavy (non-hydrogen) atoms. The number of ether oxygens (including phenoxy) is 2. The Morgan fingerprint density at radius 2 is 1.76 bits per heavy atom. The van der Waals surface area contributed by atoms with Gasteiger partial charge in [-0.05, 0) is 44.7 Å². The third-order valence-electron chi connectivity index (χ3n) is 4.14. The minimum atomic E-state index is 0.742. The Morgan fingerprint density at radius 1 is 1.00 bits per heavy atom. The number of nitrogens with zero attached hydrogens (tertiary/aromatic N) is 4. The average molecular weight is 340 g/mol. The minimum Gasteiger partial charge on any atom is -0.493 e. The van der Waals surface area contributed by atoms with Crippen LogP contribution in [0, 0.1) is 13.8 Å². The maximum Gasteiger partial charge on any atom is 0.234 e. The maximum absolute atomic E-state index is 5.37. The number of methoxy groups -OCH3 is 2. The highest BCUT2D eigenvalue weighted by Gasteiger charge is 2.10. The largest absolute Gasteiger partial charge is 0.493 e. The lowest BCUT2D eigenvalue weighted by molar-refractivity contribution is 0.313. The van der Waals surface area contributed by atoms with Crippen LogP contribution in [0.4, 0.5) is 0 Å². The van der Waals surface area contributed by atoms with Crippen LogP contribution in [0.3, 0.4) is 0 Å². The van der Waals surface area contributed by atoms with Crippen molar-refractivity contribution in [2.75, 3.05) is 21.3 Å². The van der Waals surface area contributed by atoms with Crippen LogP contribution in [-0.4, -0.2) is 40.5 Å².